The van der Waals surface area contributed by atoms with E-state index in [1.807, 2.05) is 13.2 Å². The van der Waals surface area contributed by atoms with E-state index >= 15 is 0 Å². The van der Waals surface area contributed by atoms with Crippen molar-refractivity contribution in [3.8, 4) is 11.3 Å². The van der Waals surface area contributed by atoms with Gasteiger partial charge in [0.05, 0.1) is 6.20 Å². The molecule has 0 unspecified atom stereocenters. The molecular formula is C16H23N5. The molecule has 0 spiro atoms. The summed E-state index contributed by atoms with van der Waals surface area (Å²) in [5, 5.41) is 8.27. The van der Waals surface area contributed by atoms with E-state index in [0.717, 1.165) is 24.3 Å². The fourth-order valence-corrected chi connectivity index (χ4v) is 2.94. The highest BCUT2D eigenvalue weighted by Gasteiger charge is 2.34. The van der Waals surface area contributed by atoms with E-state index in [9.17, 15) is 0 Å². The Labute approximate surface area is 126 Å². The molecule has 1 saturated heterocycles. The molecule has 0 saturated carbocycles. The van der Waals surface area contributed by atoms with Crippen LogP contribution in [0.4, 0.5) is 11.4 Å². The van der Waals surface area contributed by atoms with Gasteiger partial charge in [0.1, 0.15) is 5.69 Å². The van der Waals surface area contributed by atoms with Gasteiger partial charge in [-0.15, -0.1) is 5.10 Å². The summed E-state index contributed by atoms with van der Waals surface area (Å²) in [4.78, 5) is 4.56. The third-order valence-corrected chi connectivity index (χ3v) is 3.94. The van der Waals surface area contributed by atoms with Crippen molar-refractivity contribution in [1.29, 1.82) is 0 Å². The number of aromatic nitrogens is 3. The minimum absolute atomic E-state index is 0.432. The Balaban J connectivity index is 1.96. The molecule has 2 aromatic rings. The van der Waals surface area contributed by atoms with Gasteiger partial charge in [-0.25, -0.2) is 0 Å². The first-order valence-corrected chi connectivity index (χ1v) is 7.29. The van der Waals surface area contributed by atoms with Gasteiger partial charge >= 0.3 is 0 Å². The van der Waals surface area contributed by atoms with Crippen molar-refractivity contribution in [2.45, 2.75) is 13.8 Å². The quantitative estimate of drug-likeness (QED) is 0.868. The average molecular weight is 285 g/mol. The molecule has 0 amide bonds. The van der Waals surface area contributed by atoms with Gasteiger partial charge in [0.15, 0.2) is 0 Å². The zero-order valence-corrected chi connectivity index (χ0v) is 13.5. The van der Waals surface area contributed by atoms with Crippen LogP contribution in [-0.4, -0.2) is 42.2 Å². The number of anilines is 2. The van der Waals surface area contributed by atoms with Crippen LogP contribution in [0.15, 0.2) is 24.4 Å². The molecule has 0 bridgehead atoms. The van der Waals surface area contributed by atoms with Crippen LogP contribution in [0.2, 0.25) is 0 Å². The molecule has 5 nitrogen and oxygen atoms in total. The van der Waals surface area contributed by atoms with Gasteiger partial charge in [-0.05, 0) is 23.6 Å². The van der Waals surface area contributed by atoms with Crippen LogP contribution in [0.5, 0.6) is 0 Å². The van der Waals surface area contributed by atoms with E-state index in [4.69, 9.17) is 0 Å². The largest absolute Gasteiger partial charge is 0.377 e. The van der Waals surface area contributed by atoms with Gasteiger partial charge in [0.25, 0.3) is 0 Å². The maximum absolute atomic E-state index is 4.23. The monoisotopic (exact) mass is 285 g/mol. The standard InChI is InChI=1S/C16H23N5/c1-16(2)10-21(11-16)12-6-7-13(15(8-12)19(3)4)14-9-20(5)18-17-14/h6-9H,10-11H2,1-5H3. The lowest BCUT2D eigenvalue weighted by Crippen LogP contribution is -2.53. The van der Waals surface area contributed by atoms with Crippen LogP contribution in [0, 0.1) is 5.41 Å². The van der Waals surface area contributed by atoms with Crippen molar-refractivity contribution in [1.82, 2.24) is 15.0 Å². The maximum atomic E-state index is 4.23. The second-order valence-corrected chi connectivity index (χ2v) is 6.89. The summed E-state index contributed by atoms with van der Waals surface area (Å²) < 4.78 is 1.74. The molecule has 2 heterocycles. The molecule has 112 valence electrons. The second kappa shape index (κ2) is 4.76. The van der Waals surface area contributed by atoms with Crippen molar-refractivity contribution in [2.75, 3.05) is 37.0 Å². The fraction of sp³-hybridized carbons (Fsp3) is 0.500. The summed E-state index contributed by atoms with van der Waals surface area (Å²) in [6, 6.07) is 6.59. The summed E-state index contributed by atoms with van der Waals surface area (Å²) in [6.45, 7) is 6.85. The minimum Gasteiger partial charge on any atom is -0.377 e. The SMILES string of the molecule is CN(C)c1cc(N2CC(C)(C)C2)ccc1-c1cn(C)nn1. The molecule has 3 rings (SSSR count). The summed E-state index contributed by atoms with van der Waals surface area (Å²) in [6.07, 6.45) is 1.95. The fourth-order valence-electron chi connectivity index (χ4n) is 2.94. The smallest absolute Gasteiger partial charge is 0.115 e. The Morgan fingerprint density at radius 1 is 1.19 bits per heavy atom. The highest BCUT2D eigenvalue weighted by molar-refractivity contribution is 5.79. The van der Waals surface area contributed by atoms with Crippen LogP contribution >= 0.6 is 0 Å². The predicted octanol–water partition coefficient (Wildman–Crippen LogP) is 2.39. The van der Waals surface area contributed by atoms with Gasteiger partial charge in [0.2, 0.25) is 0 Å². The average Bonchev–Trinajstić information content (AvgIpc) is 2.81. The zero-order chi connectivity index (χ0) is 15.2. The Bertz CT molecular complexity index is 648. The van der Waals surface area contributed by atoms with Crippen molar-refractivity contribution >= 4 is 11.4 Å². The molecule has 1 aliphatic heterocycles. The zero-order valence-electron chi connectivity index (χ0n) is 13.5. The molecule has 21 heavy (non-hydrogen) atoms. The van der Waals surface area contributed by atoms with Crippen molar-refractivity contribution in [3.63, 3.8) is 0 Å². The Hall–Kier alpha value is -2.04. The lowest BCUT2D eigenvalue weighted by atomic mass is 9.84. The number of nitrogens with zero attached hydrogens (tertiary/aromatic N) is 5. The molecule has 1 aromatic carbocycles. The normalized spacial score (nSPS) is 16.7. The van der Waals surface area contributed by atoms with E-state index in [1.54, 1.807) is 4.68 Å². The van der Waals surface area contributed by atoms with Gasteiger partial charge in [0, 0.05) is 51.2 Å². The van der Waals surface area contributed by atoms with Gasteiger partial charge < -0.3 is 9.80 Å². The van der Waals surface area contributed by atoms with Crippen LogP contribution in [0.25, 0.3) is 11.3 Å². The molecular weight excluding hydrogens is 262 g/mol. The molecule has 0 N–H and O–H groups in total. The number of rotatable bonds is 3. The van der Waals surface area contributed by atoms with Gasteiger partial charge in [-0.3, -0.25) is 4.68 Å². The molecule has 5 heteroatoms. The number of aryl methyl sites for hydroxylation is 1. The van der Waals surface area contributed by atoms with Crippen LogP contribution < -0.4 is 9.80 Å². The number of hydrogen-bond acceptors (Lipinski definition) is 4. The first-order chi connectivity index (χ1) is 9.85. The first-order valence-electron chi connectivity index (χ1n) is 7.29. The summed E-state index contributed by atoms with van der Waals surface area (Å²) in [5.41, 5.74) is 4.93. The van der Waals surface area contributed by atoms with Crippen molar-refractivity contribution < 1.29 is 0 Å². The van der Waals surface area contributed by atoms with E-state index < -0.39 is 0 Å². The Kier molecular flexibility index (Phi) is 3.15. The summed E-state index contributed by atoms with van der Waals surface area (Å²) >= 11 is 0. The first kappa shape index (κ1) is 13.9. The molecule has 0 radical (unpaired) electrons. The third-order valence-electron chi connectivity index (χ3n) is 3.94. The lowest BCUT2D eigenvalue weighted by Gasteiger charge is -2.47. The topological polar surface area (TPSA) is 37.2 Å². The van der Waals surface area contributed by atoms with Crippen molar-refractivity contribution in [3.05, 3.63) is 24.4 Å². The molecule has 1 fully saturated rings. The maximum Gasteiger partial charge on any atom is 0.115 e. The summed E-state index contributed by atoms with van der Waals surface area (Å²) in [7, 11) is 6.03. The van der Waals surface area contributed by atoms with Gasteiger partial charge in [-0.1, -0.05) is 19.1 Å². The lowest BCUT2D eigenvalue weighted by molar-refractivity contribution is 0.276. The van der Waals surface area contributed by atoms with E-state index in [1.165, 1.54) is 11.4 Å². The second-order valence-electron chi connectivity index (χ2n) is 6.89. The summed E-state index contributed by atoms with van der Waals surface area (Å²) in [5.74, 6) is 0. The van der Waals surface area contributed by atoms with Gasteiger partial charge in [-0.2, -0.15) is 0 Å². The van der Waals surface area contributed by atoms with E-state index in [-0.39, 0.29) is 0 Å². The van der Waals surface area contributed by atoms with Crippen LogP contribution in [-0.2, 0) is 7.05 Å². The highest BCUT2D eigenvalue weighted by atomic mass is 15.4. The number of hydrogen-bond donors (Lipinski definition) is 0. The predicted molar refractivity (Wildman–Crippen MR) is 86.8 cm³/mol. The molecule has 0 aliphatic carbocycles. The highest BCUT2D eigenvalue weighted by Crippen LogP contribution is 2.37. The van der Waals surface area contributed by atoms with E-state index in [2.05, 4.69) is 66.3 Å². The Morgan fingerprint density at radius 2 is 1.90 bits per heavy atom. The molecule has 1 aliphatic rings. The minimum atomic E-state index is 0.432. The van der Waals surface area contributed by atoms with Crippen LogP contribution in [0.1, 0.15) is 13.8 Å². The molecule has 0 atom stereocenters. The van der Waals surface area contributed by atoms with E-state index in [0.29, 0.717) is 5.41 Å². The molecule has 1 aromatic heterocycles. The Morgan fingerprint density at radius 3 is 2.43 bits per heavy atom. The third kappa shape index (κ3) is 2.60. The van der Waals surface area contributed by atoms with Crippen LogP contribution in [0.3, 0.4) is 0 Å². The number of benzene rings is 1. The van der Waals surface area contributed by atoms with Crippen molar-refractivity contribution in [2.24, 2.45) is 12.5 Å².